The highest BCUT2D eigenvalue weighted by molar-refractivity contribution is 5.79. The number of ether oxygens (including phenoxy) is 1. The van der Waals surface area contributed by atoms with Crippen LogP contribution >= 0.6 is 0 Å². The normalized spacial score (nSPS) is 10.6. The van der Waals surface area contributed by atoms with E-state index in [0.29, 0.717) is 19.3 Å². The topological polar surface area (TPSA) is 125 Å². The predicted octanol–water partition coefficient (Wildman–Crippen LogP) is 1.28. The molecule has 0 aliphatic carbocycles. The molecule has 0 aliphatic rings. The van der Waals surface area contributed by atoms with Crippen molar-refractivity contribution in [3.8, 4) is 0 Å². The van der Waals surface area contributed by atoms with E-state index in [4.69, 9.17) is 9.84 Å². The van der Waals surface area contributed by atoms with Crippen molar-refractivity contribution in [3.05, 3.63) is 0 Å². The maximum Gasteiger partial charge on any atom is 0.426 e. The summed E-state index contributed by atoms with van der Waals surface area (Å²) in [7, 11) is 0. The standard InChI is InChI=1S/C14H25N3O6/c1-14(2,3)23-12(20)15-8-7-11(19)16-17(13(21)22)9-5-4-6-10-18/h10H,4-9H2,1-3H3,(H,15,20)(H,16,19)(H,21,22). The number of nitrogens with zero attached hydrogens (tertiary/aromatic N) is 1. The van der Waals surface area contributed by atoms with Gasteiger partial charge in [0.25, 0.3) is 0 Å². The molecule has 0 aromatic rings. The SMILES string of the molecule is CC(C)(C)OC(=O)NCCC(=O)NN(CCCCC=O)C(=O)O. The van der Waals surface area contributed by atoms with Gasteiger partial charge in [0.15, 0.2) is 0 Å². The molecular weight excluding hydrogens is 306 g/mol. The molecule has 132 valence electrons. The van der Waals surface area contributed by atoms with Gasteiger partial charge in [-0.15, -0.1) is 0 Å². The van der Waals surface area contributed by atoms with Crippen molar-refractivity contribution in [2.45, 2.75) is 52.1 Å². The van der Waals surface area contributed by atoms with E-state index >= 15 is 0 Å². The van der Waals surface area contributed by atoms with Gasteiger partial charge in [-0.1, -0.05) is 0 Å². The molecule has 0 aliphatic heterocycles. The minimum Gasteiger partial charge on any atom is -0.464 e. The quantitative estimate of drug-likeness (QED) is 0.349. The van der Waals surface area contributed by atoms with Crippen molar-refractivity contribution in [2.24, 2.45) is 0 Å². The fourth-order valence-corrected chi connectivity index (χ4v) is 1.50. The maximum atomic E-state index is 11.6. The van der Waals surface area contributed by atoms with Crippen molar-refractivity contribution in [1.82, 2.24) is 15.8 Å². The van der Waals surface area contributed by atoms with Gasteiger partial charge >= 0.3 is 12.2 Å². The molecule has 0 rings (SSSR count). The molecule has 0 saturated carbocycles. The molecule has 3 amide bonds. The Morgan fingerprint density at radius 3 is 2.39 bits per heavy atom. The van der Waals surface area contributed by atoms with Crippen LogP contribution < -0.4 is 10.7 Å². The molecule has 9 heteroatoms. The van der Waals surface area contributed by atoms with Gasteiger partial charge in [-0.3, -0.25) is 10.2 Å². The zero-order chi connectivity index (χ0) is 17.9. The number of amides is 3. The van der Waals surface area contributed by atoms with Crippen LogP contribution in [0.4, 0.5) is 9.59 Å². The van der Waals surface area contributed by atoms with E-state index in [-0.39, 0.29) is 19.5 Å². The highest BCUT2D eigenvalue weighted by Crippen LogP contribution is 2.06. The van der Waals surface area contributed by atoms with Crippen LogP contribution in [-0.4, -0.2) is 53.2 Å². The first-order chi connectivity index (χ1) is 10.7. The third kappa shape index (κ3) is 12.0. The zero-order valence-corrected chi connectivity index (χ0v) is 13.8. The predicted molar refractivity (Wildman–Crippen MR) is 81.6 cm³/mol. The first-order valence-electron chi connectivity index (χ1n) is 7.36. The van der Waals surface area contributed by atoms with Gasteiger partial charge in [-0.05, 0) is 33.6 Å². The summed E-state index contributed by atoms with van der Waals surface area (Å²) in [6.45, 7) is 5.27. The molecule has 9 nitrogen and oxygen atoms in total. The van der Waals surface area contributed by atoms with Crippen LogP contribution in [0.5, 0.6) is 0 Å². The Balaban J connectivity index is 4.06. The summed E-state index contributed by atoms with van der Waals surface area (Å²) < 4.78 is 5.00. The fraction of sp³-hybridized carbons (Fsp3) is 0.714. The summed E-state index contributed by atoms with van der Waals surface area (Å²) in [5.41, 5.74) is 1.60. The smallest absolute Gasteiger partial charge is 0.426 e. The van der Waals surface area contributed by atoms with Crippen LogP contribution in [0.2, 0.25) is 0 Å². The van der Waals surface area contributed by atoms with Gasteiger partial charge in [-0.2, -0.15) is 0 Å². The number of hydrogen-bond acceptors (Lipinski definition) is 5. The van der Waals surface area contributed by atoms with E-state index in [0.717, 1.165) is 11.3 Å². The lowest BCUT2D eigenvalue weighted by Gasteiger charge is -2.21. The largest absolute Gasteiger partial charge is 0.464 e. The van der Waals surface area contributed by atoms with Crippen LogP contribution in [0, 0.1) is 0 Å². The minimum absolute atomic E-state index is 0.0271. The molecule has 0 bridgehead atoms. The summed E-state index contributed by atoms with van der Waals surface area (Å²) >= 11 is 0. The Labute approximate surface area is 135 Å². The van der Waals surface area contributed by atoms with Crippen molar-refractivity contribution < 1.29 is 29.0 Å². The van der Waals surface area contributed by atoms with Crippen molar-refractivity contribution >= 4 is 24.4 Å². The summed E-state index contributed by atoms with van der Waals surface area (Å²) in [6.07, 6.45) is 0.0916. The second kappa shape index (κ2) is 10.4. The van der Waals surface area contributed by atoms with Crippen molar-refractivity contribution in [1.29, 1.82) is 0 Å². The highest BCUT2D eigenvalue weighted by Gasteiger charge is 2.17. The fourth-order valence-electron chi connectivity index (χ4n) is 1.50. The maximum absolute atomic E-state index is 11.6. The molecule has 0 unspecified atom stereocenters. The number of carbonyl (C=O) groups is 4. The van der Waals surface area contributed by atoms with Gasteiger partial charge in [-0.25, -0.2) is 14.6 Å². The molecule has 0 heterocycles. The average Bonchev–Trinajstić information content (AvgIpc) is 2.39. The second-order valence-corrected chi connectivity index (χ2v) is 5.81. The first kappa shape index (κ1) is 20.7. The Hall–Kier alpha value is -2.32. The first-order valence-corrected chi connectivity index (χ1v) is 7.36. The number of carboxylic acid groups (broad SMARTS) is 1. The summed E-state index contributed by atoms with van der Waals surface area (Å²) in [4.78, 5) is 44.2. The molecule has 0 atom stereocenters. The molecule has 23 heavy (non-hydrogen) atoms. The van der Waals surface area contributed by atoms with Crippen LogP contribution in [0.1, 0.15) is 46.5 Å². The monoisotopic (exact) mass is 331 g/mol. The van der Waals surface area contributed by atoms with Crippen LogP contribution in [-0.2, 0) is 14.3 Å². The number of nitrogens with one attached hydrogen (secondary N) is 2. The van der Waals surface area contributed by atoms with Crippen LogP contribution in [0.25, 0.3) is 0 Å². The summed E-state index contributed by atoms with van der Waals surface area (Å²) in [5.74, 6) is -0.543. The van der Waals surface area contributed by atoms with Gasteiger partial charge in [0, 0.05) is 25.9 Å². The number of carbonyl (C=O) groups excluding carboxylic acids is 3. The van der Waals surface area contributed by atoms with E-state index in [9.17, 15) is 19.2 Å². The lowest BCUT2D eigenvalue weighted by molar-refractivity contribution is -0.125. The Bertz CT molecular complexity index is 419. The molecular formula is C14H25N3O6. The minimum atomic E-state index is -1.29. The Morgan fingerprint density at radius 1 is 1.22 bits per heavy atom. The second-order valence-electron chi connectivity index (χ2n) is 5.81. The van der Waals surface area contributed by atoms with Gasteiger partial charge in [0.1, 0.15) is 11.9 Å². The van der Waals surface area contributed by atoms with E-state index in [1.165, 1.54) is 0 Å². The number of rotatable bonds is 8. The zero-order valence-electron chi connectivity index (χ0n) is 13.8. The lowest BCUT2D eigenvalue weighted by atomic mass is 10.2. The van der Waals surface area contributed by atoms with E-state index in [2.05, 4.69) is 10.7 Å². The van der Waals surface area contributed by atoms with Crippen LogP contribution in [0.15, 0.2) is 0 Å². The molecule has 0 fully saturated rings. The third-order valence-corrected chi connectivity index (χ3v) is 2.46. The molecule has 0 aromatic carbocycles. The molecule has 0 aromatic heterocycles. The molecule has 0 saturated heterocycles. The van der Waals surface area contributed by atoms with E-state index in [1.807, 2.05) is 0 Å². The number of hydrogen-bond donors (Lipinski definition) is 3. The Morgan fingerprint density at radius 2 is 1.87 bits per heavy atom. The Kier molecular flexibility index (Phi) is 9.36. The third-order valence-electron chi connectivity index (χ3n) is 2.46. The van der Waals surface area contributed by atoms with Crippen molar-refractivity contribution in [3.63, 3.8) is 0 Å². The van der Waals surface area contributed by atoms with Gasteiger partial charge in [0.2, 0.25) is 5.91 Å². The number of aldehydes is 1. The summed E-state index contributed by atoms with van der Waals surface area (Å²) in [6, 6.07) is 0. The number of hydrazine groups is 1. The van der Waals surface area contributed by atoms with Gasteiger partial charge < -0.3 is 20.0 Å². The van der Waals surface area contributed by atoms with E-state index < -0.39 is 23.7 Å². The number of unbranched alkanes of at least 4 members (excludes halogenated alkanes) is 2. The lowest BCUT2D eigenvalue weighted by Crippen LogP contribution is -2.46. The van der Waals surface area contributed by atoms with Crippen molar-refractivity contribution in [2.75, 3.05) is 13.1 Å². The van der Waals surface area contributed by atoms with E-state index in [1.54, 1.807) is 20.8 Å². The van der Waals surface area contributed by atoms with Crippen LogP contribution in [0.3, 0.4) is 0 Å². The molecule has 0 radical (unpaired) electrons. The molecule has 0 spiro atoms. The summed E-state index contributed by atoms with van der Waals surface area (Å²) in [5, 5.41) is 12.1. The van der Waals surface area contributed by atoms with Gasteiger partial charge in [0.05, 0.1) is 0 Å². The average molecular weight is 331 g/mol. The number of alkyl carbamates (subject to hydrolysis) is 1. The molecule has 3 N–H and O–H groups in total. The highest BCUT2D eigenvalue weighted by atomic mass is 16.6.